The summed E-state index contributed by atoms with van der Waals surface area (Å²) in [7, 11) is 0. The molecule has 25 heavy (non-hydrogen) atoms. The van der Waals surface area contributed by atoms with Crippen LogP contribution in [0.4, 0.5) is 10.1 Å². The summed E-state index contributed by atoms with van der Waals surface area (Å²) in [6.45, 7) is 4.94. The number of hydrogen-bond acceptors (Lipinski definition) is 2. The third kappa shape index (κ3) is 4.02. The van der Waals surface area contributed by atoms with Crippen LogP contribution in [0.25, 0.3) is 6.08 Å². The van der Waals surface area contributed by atoms with Crippen molar-refractivity contribution in [3.05, 3.63) is 70.5 Å². The number of carbonyl (C=O) groups is 1. The van der Waals surface area contributed by atoms with Gasteiger partial charge in [-0.25, -0.2) is 4.39 Å². The van der Waals surface area contributed by atoms with Gasteiger partial charge in [0.2, 0.25) is 5.91 Å². The summed E-state index contributed by atoms with van der Waals surface area (Å²) < 4.78 is 13.8. The van der Waals surface area contributed by atoms with Gasteiger partial charge in [0.1, 0.15) is 5.82 Å². The van der Waals surface area contributed by atoms with E-state index in [0.29, 0.717) is 18.1 Å². The van der Waals surface area contributed by atoms with E-state index in [1.54, 1.807) is 17.0 Å². The minimum Gasteiger partial charge on any atom is -0.368 e. The lowest BCUT2D eigenvalue weighted by Gasteiger charge is -2.36. The van der Waals surface area contributed by atoms with Gasteiger partial charge in [-0.05, 0) is 36.8 Å². The Hall–Kier alpha value is -2.33. The van der Waals surface area contributed by atoms with Gasteiger partial charge in [0.05, 0.1) is 5.02 Å². The summed E-state index contributed by atoms with van der Waals surface area (Å²) in [4.78, 5) is 16.4. The normalized spacial score (nSPS) is 15.0. The number of rotatable bonds is 3. The minimum absolute atomic E-state index is 0.122. The van der Waals surface area contributed by atoms with Crippen LogP contribution >= 0.6 is 11.6 Å². The largest absolute Gasteiger partial charge is 0.368 e. The molecule has 1 saturated heterocycles. The van der Waals surface area contributed by atoms with E-state index >= 15 is 0 Å². The van der Waals surface area contributed by atoms with E-state index in [-0.39, 0.29) is 11.5 Å². The van der Waals surface area contributed by atoms with Crippen LogP contribution in [-0.2, 0) is 4.79 Å². The number of halogens is 2. The fourth-order valence-electron chi connectivity index (χ4n) is 3.02. The average molecular weight is 359 g/mol. The first-order valence-corrected chi connectivity index (χ1v) is 8.65. The molecule has 5 heteroatoms. The maximum absolute atomic E-state index is 13.8. The zero-order valence-corrected chi connectivity index (χ0v) is 14.8. The third-order valence-electron chi connectivity index (χ3n) is 4.44. The highest BCUT2D eigenvalue weighted by Gasteiger charge is 2.20. The Morgan fingerprint density at radius 2 is 1.80 bits per heavy atom. The van der Waals surface area contributed by atoms with E-state index in [0.717, 1.165) is 13.1 Å². The lowest BCUT2D eigenvalue weighted by Crippen LogP contribution is -2.48. The van der Waals surface area contributed by atoms with Crippen LogP contribution in [0.3, 0.4) is 0 Å². The number of hydrogen-bond donors (Lipinski definition) is 0. The van der Waals surface area contributed by atoms with E-state index in [9.17, 15) is 9.18 Å². The molecule has 0 bridgehead atoms. The molecule has 0 atom stereocenters. The first-order chi connectivity index (χ1) is 12.1. The molecule has 130 valence electrons. The predicted octanol–water partition coefficient (Wildman–Crippen LogP) is 4.15. The van der Waals surface area contributed by atoms with Crippen molar-refractivity contribution in [2.24, 2.45) is 0 Å². The average Bonchev–Trinajstić information content (AvgIpc) is 2.62. The van der Waals surface area contributed by atoms with E-state index < -0.39 is 5.82 Å². The summed E-state index contributed by atoms with van der Waals surface area (Å²) in [6, 6.07) is 12.7. The zero-order valence-electron chi connectivity index (χ0n) is 14.1. The molecule has 0 aliphatic carbocycles. The third-order valence-corrected chi connectivity index (χ3v) is 4.77. The number of para-hydroxylation sites is 1. The van der Waals surface area contributed by atoms with Gasteiger partial charge in [0.25, 0.3) is 0 Å². The molecule has 1 aliphatic rings. The summed E-state index contributed by atoms with van der Waals surface area (Å²) in [5.74, 6) is -0.551. The summed E-state index contributed by atoms with van der Waals surface area (Å²) >= 11 is 5.98. The first-order valence-electron chi connectivity index (χ1n) is 8.28. The van der Waals surface area contributed by atoms with Crippen LogP contribution in [-0.4, -0.2) is 37.0 Å². The first kappa shape index (κ1) is 17.5. The summed E-state index contributed by atoms with van der Waals surface area (Å²) in [5.41, 5.74) is 2.69. The highest BCUT2D eigenvalue weighted by Crippen LogP contribution is 2.22. The second-order valence-electron chi connectivity index (χ2n) is 6.07. The van der Waals surface area contributed by atoms with Crippen molar-refractivity contribution in [2.75, 3.05) is 31.1 Å². The van der Waals surface area contributed by atoms with Gasteiger partial charge >= 0.3 is 0 Å². The minimum atomic E-state index is -0.430. The molecule has 1 heterocycles. The van der Waals surface area contributed by atoms with Gasteiger partial charge < -0.3 is 9.80 Å². The number of anilines is 1. The van der Waals surface area contributed by atoms with Crippen LogP contribution < -0.4 is 4.90 Å². The fraction of sp³-hybridized carbons (Fsp3) is 0.250. The van der Waals surface area contributed by atoms with Gasteiger partial charge in [-0.1, -0.05) is 35.9 Å². The van der Waals surface area contributed by atoms with Crippen LogP contribution in [0, 0.1) is 12.7 Å². The Morgan fingerprint density at radius 3 is 2.48 bits per heavy atom. The topological polar surface area (TPSA) is 23.6 Å². The predicted molar refractivity (Wildman–Crippen MR) is 100 cm³/mol. The van der Waals surface area contributed by atoms with Crippen LogP contribution in [0.1, 0.15) is 11.1 Å². The van der Waals surface area contributed by atoms with E-state index in [4.69, 9.17) is 11.6 Å². The molecular formula is C20H20ClFN2O. The highest BCUT2D eigenvalue weighted by atomic mass is 35.5. The Balaban J connectivity index is 1.62. The molecule has 0 spiro atoms. The molecule has 0 saturated carbocycles. The molecular weight excluding hydrogens is 339 g/mol. The highest BCUT2D eigenvalue weighted by molar-refractivity contribution is 6.32. The molecule has 0 radical (unpaired) electrons. The van der Waals surface area contributed by atoms with Gasteiger partial charge in [0.15, 0.2) is 0 Å². The zero-order chi connectivity index (χ0) is 17.8. The number of piperazine rings is 1. The molecule has 0 N–H and O–H groups in total. The smallest absolute Gasteiger partial charge is 0.246 e. The van der Waals surface area contributed by atoms with Gasteiger partial charge in [-0.3, -0.25) is 4.79 Å². The fourth-order valence-corrected chi connectivity index (χ4v) is 3.24. The number of carbonyl (C=O) groups excluding carboxylic acids is 1. The Kier molecular flexibility index (Phi) is 5.39. The van der Waals surface area contributed by atoms with Gasteiger partial charge in [-0.2, -0.15) is 0 Å². The Morgan fingerprint density at radius 1 is 1.08 bits per heavy atom. The second-order valence-corrected chi connectivity index (χ2v) is 6.47. The summed E-state index contributed by atoms with van der Waals surface area (Å²) in [5, 5.41) is 0.299. The monoisotopic (exact) mass is 358 g/mol. The van der Waals surface area contributed by atoms with Crippen molar-refractivity contribution < 1.29 is 9.18 Å². The van der Waals surface area contributed by atoms with Gasteiger partial charge in [0, 0.05) is 43.5 Å². The molecule has 3 nitrogen and oxygen atoms in total. The SMILES string of the molecule is Cc1ccccc1N1CCN(C(=O)/C=C/c2c(F)cccc2Cl)CC1. The molecule has 2 aromatic carbocycles. The lowest BCUT2D eigenvalue weighted by atomic mass is 10.1. The number of benzene rings is 2. The molecule has 0 unspecified atom stereocenters. The van der Waals surface area contributed by atoms with Crippen LogP contribution in [0.15, 0.2) is 48.5 Å². The standard InChI is InChI=1S/C20H20ClFN2O/c1-15-5-2-3-8-19(15)23-11-13-24(14-12-23)20(25)10-9-16-17(21)6-4-7-18(16)22/h2-10H,11-14H2,1H3/b10-9+. The molecule has 3 rings (SSSR count). The number of amides is 1. The van der Waals surface area contributed by atoms with E-state index in [1.165, 1.54) is 29.5 Å². The molecule has 2 aromatic rings. The van der Waals surface area contributed by atoms with Crippen molar-refractivity contribution in [2.45, 2.75) is 6.92 Å². The quantitative estimate of drug-likeness (QED) is 0.769. The second kappa shape index (κ2) is 7.70. The Labute approximate surface area is 152 Å². The van der Waals surface area contributed by atoms with Crippen LogP contribution in [0.5, 0.6) is 0 Å². The maximum atomic E-state index is 13.8. The molecule has 0 aromatic heterocycles. The van der Waals surface area contributed by atoms with E-state index in [2.05, 4.69) is 24.0 Å². The van der Waals surface area contributed by atoms with E-state index in [1.807, 2.05) is 12.1 Å². The van der Waals surface area contributed by atoms with Gasteiger partial charge in [-0.15, -0.1) is 0 Å². The molecule has 1 amide bonds. The number of nitrogens with zero attached hydrogens (tertiary/aromatic N) is 2. The Bertz CT molecular complexity index is 778. The van der Waals surface area contributed by atoms with Crippen molar-refractivity contribution in [3.8, 4) is 0 Å². The lowest BCUT2D eigenvalue weighted by molar-refractivity contribution is -0.126. The van der Waals surface area contributed by atoms with Crippen molar-refractivity contribution in [1.82, 2.24) is 4.90 Å². The van der Waals surface area contributed by atoms with Crippen molar-refractivity contribution in [1.29, 1.82) is 0 Å². The van der Waals surface area contributed by atoms with Crippen LogP contribution in [0.2, 0.25) is 5.02 Å². The molecule has 1 aliphatic heterocycles. The maximum Gasteiger partial charge on any atom is 0.246 e. The van der Waals surface area contributed by atoms with Crippen molar-refractivity contribution >= 4 is 29.3 Å². The van der Waals surface area contributed by atoms with Crippen molar-refractivity contribution in [3.63, 3.8) is 0 Å². The number of aryl methyl sites for hydroxylation is 1. The summed E-state index contributed by atoms with van der Waals surface area (Å²) in [6.07, 6.45) is 2.85. The molecule has 1 fully saturated rings.